The molecule has 1 saturated heterocycles. The maximum Gasteiger partial charge on any atom is 0.324 e. The highest BCUT2D eigenvalue weighted by molar-refractivity contribution is 7.91. The molecule has 1 aliphatic heterocycles. The number of carbonyl (C=O) groups is 1. The molecule has 2 amide bonds. The van der Waals surface area contributed by atoms with E-state index in [1.165, 1.54) is 16.8 Å². The van der Waals surface area contributed by atoms with E-state index in [-0.39, 0.29) is 27.5 Å². The monoisotopic (exact) mass is 650 g/mol. The SMILES string of the molecule is Cc1cc(Oc2ccc(NC(=O)Nc3cc(C(C)(C)C)nn3-c3ccc(S(=O)(=O)CCCN4CCOCC4)cc3)c(F)c2)ccn1. The van der Waals surface area contributed by atoms with Crippen molar-refractivity contribution in [2.24, 2.45) is 0 Å². The number of halogens is 1. The third kappa shape index (κ3) is 8.47. The second-order valence-corrected chi connectivity index (χ2v) is 14.3. The van der Waals surface area contributed by atoms with E-state index in [0.717, 1.165) is 18.8 Å². The third-order valence-electron chi connectivity index (χ3n) is 7.44. The molecular formula is C33H39FN6O5S. The predicted molar refractivity (Wildman–Crippen MR) is 174 cm³/mol. The first-order chi connectivity index (χ1) is 21.9. The lowest BCUT2D eigenvalue weighted by molar-refractivity contribution is 0.0381. The van der Waals surface area contributed by atoms with Gasteiger partial charge in [0.05, 0.1) is 40.9 Å². The molecule has 0 atom stereocenters. The number of aryl methyl sites for hydroxylation is 1. The van der Waals surface area contributed by atoms with Crippen LogP contribution in [0.5, 0.6) is 11.5 Å². The molecule has 1 aliphatic rings. The van der Waals surface area contributed by atoms with E-state index in [0.29, 0.717) is 49.1 Å². The lowest BCUT2D eigenvalue weighted by atomic mass is 9.92. The summed E-state index contributed by atoms with van der Waals surface area (Å²) < 4.78 is 53.6. The smallest absolute Gasteiger partial charge is 0.324 e. The molecule has 2 aromatic carbocycles. The normalized spacial score (nSPS) is 14.2. The summed E-state index contributed by atoms with van der Waals surface area (Å²) in [6, 6.07) is 15.0. The minimum atomic E-state index is -3.48. The molecule has 0 radical (unpaired) electrons. The topological polar surface area (TPSA) is 128 Å². The van der Waals surface area contributed by atoms with Crippen molar-refractivity contribution in [3.8, 4) is 17.2 Å². The number of amides is 2. The van der Waals surface area contributed by atoms with Gasteiger partial charge in [0, 0.05) is 48.6 Å². The molecule has 0 saturated carbocycles. The number of urea groups is 1. The largest absolute Gasteiger partial charge is 0.457 e. The van der Waals surface area contributed by atoms with Crippen LogP contribution in [0.15, 0.2) is 71.8 Å². The Balaban J connectivity index is 1.27. The fourth-order valence-corrected chi connectivity index (χ4v) is 6.19. The second-order valence-electron chi connectivity index (χ2n) is 12.2. The standard InChI is InChI=1S/C33H39FN6O5S/c1-23-20-26(12-13-35-23)45-25-8-11-29(28(34)21-25)36-32(41)37-31-22-30(33(2,3)4)38-40(31)24-6-9-27(10-7-24)46(42,43)19-5-14-39-15-17-44-18-16-39/h6-13,20-22H,5,14-19H2,1-4H3,(H2,36,37,41). The quantitative estimate of drug-likeness (QED) is 0.216. The van der Waals surface area contributed by atoms with Crippen LogP contribution >= 0.6 is 0 Å². The average Bonchev–Trinajstić information content (AvgIpc) is 3.43. The van der Waals surface area contributed by atoms with Gasteiger partial charge in [-0.15, -0.1) is 0 Å². The number of pyridine rings is 1. The molecule has 0 aliphatic carbocycles. The molecular weight excluding hydrogens is 611 g/mol. The summed E-state index contributed by atoms with van der Waals surface area (Å²) in [6.45, 7) is 11.5. The van der Waals surface area contributed by atoms with Crippen LogP contribution in [0.3, 0.4) is 0 Å². The van der Waals surface area contributed by atoms with Gasteiger partial charge in [-0.05, 0) is 62.4 Å². The first-order valence-corrected chi connectivity index (χ1v) is 16.7. The van der Waals surface area contributed by atoms with Crippen molar-refractivity contribution in [2.75, 3.05) is 49.2 Å². The molecule has 5 rings (SSSR count). The fraction of sp³-hybridized carbons (Fsp3) is 0.364. The summed E-state index contributed by atoms with van der Waals surface area (Å²) in [5, 5.41) is 9.99. The number of sulfone groups is 1. The van der Waals surface area contributed by atoms with Crippen LogP contribution in [0.1, 0.15) is 38.6 Å². The van der Waals surface area contributed by atoms with Gasteiger partial charge in [0.2, 0.25) is 0 Å². The number of aromatic nitrogens is 3. The molecule has 1 fully saturated rings. The zero-order chi connectivity index (χ0) is 32.9. The van der Waals surface area contributed by atoms with Crippen LogP contribution in [0, 0.1) is 12.7 Å². The van der Waals surface area contributed by atoms with Gasteiger partial charge >= 0.3 is 6.03 Å². The molecule has 3 heterocycles. The highest BCUT2D eigenvalue weighted by Crippen LogP contribution is 2.29. The maximum absolute atomic E-state index is 14.9. The molecule has 0 spiro atoms. The van der Waals surface area contributed by atoms with Gasteiger partial charge in [0.25, 0.3) is 0 Å². The molecule has 244 valence electrons. The number of ether oxygens (including phenoxy) is 2. The number of nitrogens with zero attached hydrogens (tertiary/aromatic N) is 4. The van der Waals surface area contributed by atoms with Gasteiger partial charge in [-0.1, -0.05) is 20.8 Å². The Kier molecular flexibility index (Phi) is 10.0. The van der Waals surface area contributed by atoms with E-state index < -0.39 is 21.7 Å². The van der Waals surface area contributed by atoms with Gasteiger partial charge in [0.1, 0.15) is 23.1 Å². The van der Waals surface area contributed by atoms with Crippen molar-refractivity contribution in [3.63, 3.8) is 0 Å². The molecule has 46 heavy (non-hydrogen) atoms. The highest BCUT2D eigenvalue weighted by atomic mass is 32.2. The molecule has 2 N–H and O–H groups in total. The number of hydrogen-bond donors (Lipinski definition) is 2. The number of hydrogen-bond acceptors (Lipinski definition) is 8. The Morgan fingerprint density at radius 1 is 1.00 bits per heavy atom. The Morgan fingerprint density at radius 2 is 1.72 bits per heavy atom. The summed E-state index contributed by atoms with van der Waals surface area (Å²) in [6.07, 6.45) is 2.13. The van der Waals surface area contributed by atoms with E-state index in [9.17, 15) is 17.6 Å². The van der Waals surface area contributed by atoms with E-state index in [4.69, 9.17) is 14.6 Å². The predicted octanol–water partition coefficient (Wildman–Crippen LogP) is 5.94. The first kappa shape index (κ1) is 33.0. The Bertz CT molecular complexity index is 1780. The van der Waals surface area contributed by atoms with Crippen LogP contribution in [-0.2, 0) is 20.0 Å². The Labute approximate surface area is 268 Å². The number of anilines is 2. The van der Waals surface area contributed by atoms with Crippen LogP contribution in [0.2, 0.25) is 0 Å². The number of carbonyl (C=O) groups excluding carboxylic acids is 1. The van der Waals surface area contributed by atoms with Gasteiger partial charge in [-0.3, -0.25) is 15.2 Å². The van der Waals surface area contributed by atoms with Crippen molar-refractivity contribution >= 4 is 27.4 Å². The molecule has 11 nitrogen and oxygen atoms in total. The zero-order valence-corrected chi connectivity index (χ0v) is 27.2. The van der Waals surface area contributed by atoms with Crippen LogP contribution in [0.25, 0.3) is 5.69 Å². The molecule has 0 bridgehead atoms. The second kappa shape index (κ2) is 14.0. The molecule has 13 heteroatoms. The molecule has 2 aromatic heterocycles. The maximum atomic E-state index is 14.9. The third-order valence-corrected chi connectivity index (χ3v) is 9.26. The van der Waals surface area contributed by atoms with Crippen LogP contribution < -0.4 is 15.4 Å². The summed E-state index contributed by atoms with van der Waals surface area (Å²) >= 11 is 0. The lowest BCUT2D eigenvalue weighted by Gasteiger charge is -2.26. The number of morpholine rings is 1. The van der Waals surface area contributed by atoms with Gasteiger partial charge < -0.3 is 14.8 Å². The summed E-state index contributed by atoms with van der Waals surface area (Å²) in [4.78, 5) is 19.6. The summed E-state index contributed by atoms with van der Waals surface area (Å²) in [5.41, 5.74) is 1.62. The fourth-order valence-electron chi connectivity index (χ4n) is 4.90. The van der Waals surface area contributed by atoms with Crippen LogP contribution in [-0.4, -0.2) is 72.7 Å². The number of benzene rings is 2. The van der Waals surface area contributed by atoms with Gasteiger partial charge in [-0.25, -0.2) is 22.3 Å². The number of nitrogens with one attached hydrogen (secondary N) is 2. The average molecular weight is 651 g/mol. The zero-order valence-electron chi connectivity index (χ0n) is 26.4. The van der Waals surface area contributed by atoms with Gasteiger partial charge in [-0.2, -0.15) is 5.10 Å². The van der Waals surface area contributed by atoms with Crippen molar-refractivity contribution in [3.05, 3.63) is 84.1 Å². The first-order valence-electron chi connectivity index (χ1n) is 15.1. The molecule has 4 aromatic rings. The minimum Gasteiger partial charge on any atom is -0.457 e. The highest BCUT2D eigenvalue weighted by Gasteiger charge is 2.23. The molecule has 0 unspecified atom stereocenters. The van der Waals surface area contributed by atoms with E-state index in [2.05, 4.69) is 20.5 Å². The van der Waals surface area contributed by atoms with Gasteiger partial charge in [0.15, 0.2) is 9.84 Å². The summed E-state index contributed by atoms with van der Waals surface area (Å²) in [5.74, 6) is 0.480. The van der Waals surface area contributed by atoms with E-state index in [1.54, 1.807) is 54.7 Å². The van der Waals surface area contributed by atoms with Crippen LogP contribution in [0.4, 0.5) is 20.7 Å². The van der Waals surface area contributed by atoms with E-state index >= 15 is 0 Å². The van der Waals surface area contributed by atoms with Crippen molar-refractivity contribution < 1.29 is 27.1 Å². The van der Waals surface area contributed by atoms with Crippen molar-refractivity contribution in [1.29, 1.82) is 0 Å². The van der Waals surface area contributed by atoms with Crippen molar-refractivity contribution in [2.45, 2.75) is 44.4 Å². The van der Waals surface area contributed by atoms with E-state index in [1.807, 2.05) is 27.7 Å². The summed E-state index contributed by atoms with van der Waals surface area (Å²) in [7, 11) is -3.48. The lowest BCUT2D eigenvalue weighted by Crippen LogP contribution is -2.37. The Hall–Kier alpha value is -4.33. The minimum absolute atomic E-state index is 0.0407. The Morgan fingerprint density at radius 3 is 2.39 bits per heavy atom. The van der Waals surface area contributed by atoms with Crippen molar-refractivity contribution in [1.82, 2.24) is 19.7 Å². The number of rotatable bonds is 10.